The largest absolute Gasteiger partial charge is 0.573 e. The van der Waals surface area contributed by atoms with Gasteiger partial charge in [0.15, 0.2) is 10.9 Å². The van der Waals surface area contributed by atoms with Crippen LogP contribution < -0.4 is 10.1 Å². The molecule has 0 spiro atoms. The second kappa shape index (κ2) is 12.0. The number of Topliss-reactive ketones (excluding diaryl/α,β-unsaturated/α-hetero) is 1. The normalized spacial score (nSPS) is 16.6. The van der Waals surface area contributed by atoms with Gasteiger partial charge in [0.05, 0.1) is 21.8 Å². The Kier molecular flexibility index (Phi) is 9.19. The van der Waals surface area contributed by atoms with E-state index in [0.717, 1.165) is 17.4 Å². The Hall–Kier alpha value is -3.99. The molecule has 1 saturated carbocycles. The van der Waals surface area contributed by atoms with Crippen LogP contribution in [-0.4, -0.2) is 28.2 Å². The van der Waals surface area contributed by atoms with Crippen molar-refractivity contribution in [1.29, 1.82) is 0 Å². The number of hydrogen-bond acceptors (Lipinski definition) is 6. The number of fused-ring (bicyclic) bond motifs is 1. The number of benzene rings is 3. The molecule has 0 saturated heterocycles. The van der Waals surface area contributed by atoms with Crippen LogP contribution in [0, 0.1) is 17.7 Å². The zero-order chi connectivity index (χ0) is 27.0. The molecule has 0 bridgehead atoms. The van der Waals surface area contributed by atoms with Crippen LogP contribution in [0.4, 0.5) is 28.4 Å². The first kappa shape index (κ1) is 30.6. The Morgan fingerprint density at radius 1 is 0.950 bits per heavy atom. The number of carbonyl (C=O) groups excluding carboxylic acids is 1. The third-order valence-electron chi connectivity index (χ3n) is 6.48. The first-order valence-corrected chi connectivity index (χ1v) is 12.5. The molecule has 0 aliphatic heterocycles. The van der Waals surface area contributed by atoms with Crippen molar-refractivity contribution >= 4 is 44.1 Å². The molecule has 1 aliphatic rings. The maximum atomic E-state index is 14.9. The first-order valence-electron chi connectivity index (χ1n) is 11.7. The smallest absolute Gasteiger partial charge is 0.481 e. The van der Waals surface area contributed by atoms with E-state index < -0.39 is 30.0 Å². The number of hydrogen-bond donors (Lipinski definition) is 2. The number of aliphatic carboxylic acids is 1. The summed E-state index contributed by atoms with van der Waals surface area (Å²) in [7, 11) is 0. The van der Waals surface area contributed by atoms with Crippen molar-refractivity contribution in [1.82, 2.24) is 4.98 Å². The molecule has 11 heteroatoms. The van der Waals surface area contributed by atoms with E-state index in [0.29, 0.717) is 51.3 Å². The van der Waals surface area contributed by atoms with Crippen LogP contribution in [0.1, 0.15) is 44.5 Å². The van der Waals surface area contributed by atoms with Crippen LogP contribution >= 0.6 is 11.3 Å². The highest BCUT2D eigenvalue weighted by molar-refractivity contribution is 7.22. The number of carbonyl (C=O) groups is 2. The third-order valence-corrected chi connectivity index (χ3v) is 7.41. The fourth-order valence-corrected chi connectivity index (χ4v) is 5.58. The summed E-state index contributed by atoms with van der Waals surface area (Å²) in [5, 5.41) is 12.5. The van der Waals surface area contributed by atoms with E-state index in [9.17, 15) is 32.3 Å². The summed E-state index contributed by atoms with van der Waals surface area (Å²) >= 11 is 1.05. The van der Waals surface area contributed by atoms with Crippen LogP contribution in [0.3, 0.4) is 0 Å². The molecule has 0 amide bonds. The van der Waals surface area contributed by atoms with E-state index >= 15 is 0 Å². The van der Waals surface area contributed by atoms with Gasteiger partial charge in [-0.05, 0) is 48.2 Å². The summed E-state index contributed by atoms with van der Waals surface area (Å²) in [6.07, 6.45) is -3.06. The number of nitrogens with one attached hydrogen (secondary N) is 1. The van der Waals surface area contributed by atoms with E-state index in [1.165, 1.54) is 24.3 Å². The molecule has 0 unspecified atom stereocenters. The number of alkyl halides is 3. The van der Waals surface area contributed by atoms with Gasteiger partial charge in [0.25, 0.3) is 0 Å². The topological polar surface area (TPSA) is 88.5 Å². The molecule has 6 nitrogen and oxygen atoms in total. The Balaban J connectivity index is 0.00000220. The molecule has 5 rings (SSSR count). The van der Waals surface area contributed by atoms with Crippen molar-refractivity contribution in [3.8, 4) is 16.9 Å². The van der Waals surface area contributed by atoms with Crippen molar-refractivity contribution in [3.05, 3.63) is 72.0 Å². The van der Waals surface area contributed by atoms with Crippen molar-refractivity contribution in [2.75, 3.05) is 5.32 Å². The SMILES string of the molecule is C.C.O=C(O)[C@@H]1CCC[C@H]1C(=O)c1ccc(-c2ccc(Nc3nc4ccc(OC(F)(F)F)cc4s3)c(F)c2)cc1. The fraction of sp³-hybridized carbons (Fsp3) is 0.276. The number of carboxylic acids is 1. The maximum absolute atomic E-state index is 14.9. The number of ether oxygens (including phenoxy) is 1. The number of aromatic nitrogens is 1. The van der Waals surface area contributed by atoms with E-state index in [2.05, 4.69) is 15.0 Å². The van der Waals surface area contributed by atoms with Crippen LogP contribution in [0.15, 0.2) is 60.7 Å². The molecule has 1 aromatic heterocycles. The summed E-state index contributed by atoms with van der Waals surface area (Å²) < 4.78 is 56.7. The molecule has 1 aliphatic carbocycles. The molecular weight excluding hydrogens is 548 g/mol. The molecule has 4 aromatic rings. The lowest BCUT2D eigenvalue weighted by Gasteiger charge is -2.15. The van der Waals surface area contributed by atoms with E-state index in [1.807, 2.05) is 0 Å². The highest BCUT2D eigenvalue weighted by atomic mass is 32.1. The molecule has 40 heavy (non-hydrogen) atoms. The molecule has 2 N–H and O–H groups in total. The summed E-state index contributed by atoms with van der Waals surface area (Å²) in [5.74, 6) is -3.28. The highest BCUT2D eigenvalue weighted by Crippen LogP contribution is 2.36. The first-order chi connectivity index (χ1) is 18.1. The lowest BCUT2D eigenvalue weighted by molar-refractivity contribution is -0.274. The number of nitrogens with zero attached hydrogens (tertiary/aromatic N) is 1. The number of anilines is 2. The van der Waals surface area contributed by atoms with E-state index in [1.54, 1.807) is 30.3 Å². The molecule has 2 atom stereocenters. The van der Waals surface area contributed by atoms with Gasteiger partial charge in [-0.3, -0.25) is 9.59 Å². The zero-order valence-electron chi connectivity index (χ0n) is 19.6. The van der Waals surface area contributed by atoms with Gasteiger partial charge in [-0.1, -0.05) is 62.9 Å². The average Bonchev–Trinajstić information content (AvgIpc) is 3.51. The predicted molar refractivity (Wildman–Crippen MR) is 148 cm³/mol. The second-order valence-corrected chi connectivity index (χ2v) is 9.97. The lowest BCUT2D eigenvalue weighted by atomic mass is 9.88. The molecule has 1 heterocycles. The van der Waals surface area contributed by atoms with Crippen molar-refractivity contribution in [2.24, 2.45) is 11.8 Å². The standard InChI is InChI=1S/C27H20F4N2O4S.2CH4/c28-20-12-16(14-4-6-15(7-5-14)24(34)18-2-1-3-19(18)25(35)36)8-10-21(20)32-26-33-22-11-9-17(13-23(22)38-26)37-27(29,30)31;;/h4-13,18-19H,1-3H2,(H,32,33)(H,35,36);2*1H4/t18-,19-;;/m1../s1. The van der Waals surface area contributed by atoms with Gasteiger partial charge in [0.2, 0.25) is 0 Å². The van der Waals surface area contributed by atoms with Crippen molar-refractivity contribution in [3.63, 3.8) is 0 Å². The van der Waals surface area contributed by atoms with Gasteiger partial charge in [0, 0.05) is 17.5 Å². The molecule has 3 aromatic carbocycles. The minimum Gasteiger partial charge on any atom is -0.481 e. The predicted octanol–water partition coefficient (Wildman–Crippen LogP) is 8.70. The van der Waals surface area contributed by atoms with Gasteiger partial charge in [-0.25, -0.2) is 9.37 Å². The Bertz CT molecular complexity index is 1520. The minimum absolute atomic E-state index is 0. The zero-order valence-corrected chi connectivity index (χ0v) is 20.4. The molecular formula is C29H28F4N2O4S. The number of rotatable bonds is 7. The average molecular weight is 577 g/mol. The Morgan fingerprint density at radius 3 is 2.27 bits per heavy atom. The van der Waals surface area contributed by atoms with Gasteiger partial charge < -0.3 is 15.2 Å². The number of thiazole rings is 1. The van der Waals surface area contributed by atoms with E-state index in [-0.39, 0.29) is 32.1 Å². The lowest BCUT2D eigenvalue weighted by Crippen LogP contribution is -2.25. The van der Waals surface area contributed by atoms with Gasteiger partial charge >= 0.3 is 12.3 Å². The minimum atomic E-state index is -4.81. The van der Waals surface area contributed by atoms with Crippen LogP contribution in [0.5, 0.6) is 5.75 Å². The monoisotopic (exact) mass is 576 g/mol. The van der Waals surface area contributed by atoms with E-state index in [4.69, 9.17) is 0 Å². The van der Waals surface area contributed by atoms with Crippen molar-refractivity contribution in [2.45, 2.75) is 40.5 Å². The van der Waals surface area contributed by atoms with Crippen molar-refractivity contribution < 1.29 is 37.0 Å². The van der Waals surface area contributed by atoms with Crippen LogP contribution in [0.2, 0.25) is 0 Å². The number of carboxylic acid groups (broad SMARTS) is 1. The number of ketones is 1. The molecule has 212 valence electrons. The summed E-state index contributed by atoms with van der Waals surface area (Å²) in [5.41, 5.74) is 2.23. The Labute approximate surface area is 232 Å². The second-order valence-electron chi connectivity index (χ2n) is 8.94. The number of halogens is 4. The quantitative estimate of drug-likeness (QED) is 0.169. The van der Waals surface area contributed by atoms with Crippen LogP contribution in [0.25, 0.3) is 21.3 Å². The molecule has 1 fully saturated rings. The van der Waals surface area contributed by atoms with Crippen LogP contribution in [-0.2, 0) is 4.79 Å². The summed E-state index contributed by atoms with van der Waals surface area (Å²) in [6.45, 7) is 0. The van der Waals surface area contributed by atoms with Gasteiger partial charge in [-0.15, -0.1) is 13.2 Å². The fourth-order valence-electron chi connectivity index (χ4n) is 4.68. The van der Waals surface area contributed by atoms with Gasteiger partial charge in [-0.2, -0.15) is 0 Å². The summed E-state index contributed by atoms with van der Waals surface area (Å²) in [6, 6.07) is 14.9. The maximum Gasteiger partial charge on any atom is 0.573 e. The third kappa shape index (κ3) is 6.59. The summed E-state index contributed by atoms with van der Waals surface area (Å²) in [4.78, 5) is 28.5. The highest BCUT2D eigenvalue weighted by Gasteiger charge is 2.38. The molecule has 0 radical (unpaired) electrons. The Morgan fingerprint density at radius 2 is 1.62 bits per heavy atom. The van der Waals surface area contributed by atoms with Gasteiger partial charge in [0.1, 0.15) is 11.6 Å².